The molecule has 3 heterocycles. The number of hydrogen-bond acceptors (Lipinski definition) is 3. The molecule has 0 amide bonds. The normalized spacial score (nSPS) is 17.0. The molecule has 3 aliphatic rings. The van der Waals surface area contributed by atoms with Gasteiger partial charge in [0.25, 0.3) is 6.71 Å². The lowest BCUT2D eigenvalue weighted by molar-refractivity contribution is 0.332. The van der Waals surface area contributed by atoms with Gasteiger partial charge in [-0.1, -0.05) is 177 Å². The van der Waals surface area contributed by atoms with Crippen LogP contribution in [0.15, 0.2) is 78.9 Å². The summed E-state index contributed by atoms with van der Waals surface area (Å²) in [5.74, 6) is 0. The molecule has 4 heteroatoms. The van der Waals surface area contributed by atoms with E-state index in [1.807, 2.05) is 0 Å². The van der Waals surface area contributed by atoms with Crippen LogP contribution in [0, 0.1) is 0 Å². The maximum absolute atomic E-state index is 2.76. The fourth-order valence-electron chi connectivity index (χ4n) is 11.2. The number of rotatable bonds is 2. The van der Waals surface area contributed by atoms with Crippen molar-refractivity contribution in [2.75, 3.05) is 9.80 Å². The molecule has 2 aliphatic heterocycles. The highest BCUT2D eigenvalue weighted by Gasteiger charge is 2.48. The molecule has 1 aromatic heterocycles. The minimum absolute atomic E-state index is 0.0265. The van der Waals surface area contributed by atoms with Gasteiger partial charge >= 0.3 is 0 Å². The summed E-state index contributed by atoms with van der Waals surface area (Å²) in [4.78, 5) is 5.45. The highest BCUT2D eigenvalue weighted by molar-refractivity contribution is 7.33. The SMILES string of the molecule is CC(C)(C)c1cc(N2c3ccc(C(C)(C)C)cc3B3c4sc5cc6c(cc5c4N(c4cc(C(C)(C)C)cc(C(C)(C)C)c4)c4cc(C(C)(C)C)cc2c43)C(C)(C)CCC6(C)C)cc(C(C)(C)C)c1. The van der Waals surface area contributed by atoms with Crippen LogP contribution in [0.5, 0.6) is 0 Å². The molecule has 5 aromatic carbocycles. The number of nitrogens with zero attached hydrogens (tertiary/aromatic N) is 2. The summed E-state index contributed by atoms with van der Waals surface area (Å²) in [7, 11) is 0. The molecule has 0 saturated carbocycles. The first kappa shape index (κ1) is 48.7. The van der Waals surface area contributed by atoms with E-state index < -0.39 is 0 Å². The molecule has 0 radical (unpaired) electrons. The first-order chi connectivity index (χ1) is 31.0. The molecular weight excluding hydrogens is 840 g/mol. The molecule has 68 heavy (non-hydrogen) atoms. The van der Waals surface area contributed by atoms with Crippen molar-refractivity contribution >= 4 is 78.0 Å². The van der Waals surface area contributed by atoms with Crippen molar-refractivity contribution < 1.29 is 0 Å². The van der Waals surface area contributed by atoms with Crippen LogP contribution in [0.25, 0.3) is 10.1 Å². The molecule has 9 rings (SSSR count). The number of fused-ring (bicyclic) bond motifs is 7. The van der Waals surface area contributed by atoms with Crippen LogP contribution in [0.3, 0.4) is 0 Å². The highest BCUT2D eigenvalue weighted by Crippen LogP contribution is 2.54. The van der Waals surface area contributed by atoms with Crippen LogP contribution in [-0.4, -0.2) is 6.71 Å². The second-order valence-corrected chi connectivity index (χ2v) is 29.9. The van der Waals surface area contributed by atoms with Crippen LogP contribution < -0.4 is 25.5 Å². The number of hydrogen-bond donors (Lipinski definition) is 0. The third-order valence-electron chi connectivity index (χ3n) is 16.2. The van der Waals surface area contributed by atoms with Gasteiger partial charge in [0.1, 0.15) is 0 Å². The number of benzene rings is 5. The van der Waals surface area contributed by atoms with E-state index in [0.29, 0.717) is 0 Å². The molecule has 0 atom stereocenters. The van der Waals surface area contributed by atoms with Crippen molar-refractivity contribution in [1.82, 2.24) is 0 Å². The molecule has 2 nitrogen and oxygen atoms in total. The van der Waals surface area contributed by atoms with Crippen molar-refractivity contribution in [2.45, 2.75) is 208 Å². The smallest absolute Gasteiger partial charge is 0.264 e. The van der Waals surface area contributed by atoms with Crippen molar-refractivity contribution in [3.63, 3.8) is 0 Å². The molecule has 0 bridgehead atoms. The zero-order chi connectivity index (χ0) is 50.0. The van der Waals surface area contributed by atoms with E-state index in [1.54, 1.807) is 0 Å². The first-order valence-electron chi connectivity index (χ1n) is 25.8. The second-order valence-electron chi connectivity index (χ2n) is 28.8. The molecule has 6 aromatic rings. The number of anilines is 6. The van der Waals surface area contributed by atoms with E-state index in [0.717, 1.165) is 0 Å². The molecule has 0 fully saturated rings. The van der Waals surface area contributed by atoms with E-state index in [2.05, 4.69) is 252 Å². The van der Waals surface area contributed by atoms with Gasteiger partial charge in [0, 0.05) is 43.3 Å². The van der Waals surface area contributed by atoms with Crippen LogP contribution in [0.2, 0.25) is 0 Å². The summed E-state index contributed by atoms with van der Waals surface area (Å²) in [6.45, 7) is 52.8. The van der Waals surface area contributed by atoms with Gasteiger partial charge in [-0.25, -0.2) is 0 Å². The average Bonchev–Trinajstić information content (AvgIpc) is 3.57. The Bertz CT molecular complexity index is 2960. The zero-order valence-electron chi connectivity index (χ0n) is 46.3. The van der Waals surface area contributed by atoms with Gasteiger partial charge in [0.2, 0.25) is 0 Å². The molecule has 1 aliphatic carbocycles. The molecule has 0 N–H and O–H groups in total. The standard InChI is InChI=1S/C64H83BN2S/c1-57(2,3)38-23-24-50-49(33-38)65-54-51(66(50)44-29-39(58(4,5)6)27-40(30-44)59(7,8)9)34-43(62(16,17)18)35-52(54)67(45-31-41(60(10,11)12)28-42(32-45)61(13,14)15)55-46-36-47-48(37-53(46)68-56(55)65)64(21,22)26-25-63(47,19)20/h23-24,27-37H,25-26H2,1-22H3. The Morgan fingerprint density at radius 2 is 0.824 bits per heavy atom. The quantitative estimate of drug-likeness (QED) is 0.159. The van der Waals surface area contributed by atoms with Gasteiger partial charge in [-0.3, -0.25) is 0 Å². The van der Waals surface area contributed by atoms with Gasteiger partial charge in [0.05, 0.1) is 5.69 Å². The zero-order valence-corrected chi connectivity index (χ0v) is 47.1. The summed E-state index contributed by atoms with van der Waals surface area (Å²) in [6.07, 6.45) is 2.39. The van der Waals surface area contributed by atoms with Crippen molar-refractivity contribution in [3.8, 4) is 0 Å². The van der Waals surface area contributed by atoms with Crippen LogP contribution in [-0.2, 0) is 43.3 Å². The molecule has 0 saturated heterocycles. The fourth-order valence-corrected chi connectivity index (χ4v) is 12.5. The van der Waals surface area contributed by atoms with Crippen LogP contribution in [0.1, 0.15) is 210 Å². The van der Waals surface area contributed by atoms with Gasteiger partial charge in [-0.05, 0) is 166 Å². The lowest BCUT2D eigenvalue weighted by Gasteiger charge is -2.45. The predicted octanol–water partition coefficient (Wildman–Crippen LogP) is 17.1. The Hall–Kier alpha value is -4.28. The summed E-state index contributed by atoms with van der Waals surface area (Å²) in [5.41, 5.74) is 21.8. The summed E-state index contributed by atoms with van der Waals surface area (Å²) in [5, 5.41) is 1.39. The average molecular weight is 923 g/mol. The van der Waals surface area contributed by atoms with Crippen LogP contribution in [0.4, 0.5) is 34.1 Å². The molecule has 0 unspecified atom stereocenters. The topological polar surface area (TPSA) is 6.48 Å². The summed E-state index contributed by atoms with van der Waals surface area (Å²) in [6, 6.07) is 33.1. The molecular formula is C64H83BN2S. The van der Waals surface area contributed by atoms with E-state index in [-0.39, 0.29) is 50.0 Å². The Kier molecular flexibility index (Phi) is 10.8. The van der Waals surface area contributed by atoms with E-state index in [1.165, 1.54) is 117 Å². The molecule has 358 valence electrons. The number of thiophene rings is 1. The third kappa shape index (κ3) is 8.09. The van der Waals surface area contributed by atoms with Gasteiger partial charge in [0.15, 0.2) is 0 Å². The van der Waals surface area contributed by atoms with Crippen molar-refractivity contribution in [2.24, 2.45) is 0 Å². The first-order valence-corrected chi connectivity index (χ1v) is 26.7. The Morgan fingerprint density at radius 1 is 0.426 bits per heavy atom. The van der Waals surface area contributed by atoms with E-state index in [9.17, 15) is 0 Å². The maximum atomic E-state index is 2.76. The second kappa shape index (κ2) is 15.1. The maximum Gasteiger partial charge on any atom is 0.264 e. The summed E-state index contributed by atoms with van der Waals surface area (Å²) < 4.78 is 2.86. The van der Waals surface area contributed by atoms with Crippen molar-refractivity contribution in [3.05, 3.63) is 123 Å². The Morgan fingerprint density at radius 3 is 1.26 bits per heavy atom. The van der Waals surface area contributed by atoms with E-state index >= 15 is 0 Å². The minimum atomic E-state index is -0.117. The monoisotopic (exact) mass is 923 g/mol. The highest BCUT2D eigenvalue weighted by atomic mass is 32.1. The lowest BCUT2D eigenvalue weighted by Crippen LogP contribution is -2.60. The predicted molar refractivity (Wildman–Crippen MR) is 303 cm³/mol. The van der Waals surface area contributed by atoms with Gasteiger partial charge in [-0.2, -0.15) is 0 Å². The van der Waals surface area contributed by atoms with Crippen LogP contribution >= 0.6 is 11.3 Å². The van der Waals surface area contributed by atoms with E-state index in [4.69, 9.17) is 0 Å². The minimum Gasteiger partial charge on any atom is -0.311 e. The fraction of sp³-hybridized carbons (Fsp3) is 0.500. The third-order valence-corrected chi connectivity index (χ3v) is 17.4. The van der Waals surface area contributed by atoms with Gasteiger partial charge < -0.3 is 9.80 Å². The summed E-state index contributed by atoms with van der Waals surface area (Å²) >= 11 is 2.07. The van der Waals surface area contributed by atoms with Gasteiger partial charge in [-0.15, -0.1) is 11.3 Å². The van der Waals surface area contributed by atoms with Crippen molar-refractivity contribution in [1.29, 1.82) is 0 Å². The molecule has 0 spiro atoms. The Labute approximate surface area is 417 Å². The Balaban J connectivity index is 1.50. The largest absolute Gasteiger partial charge is 0.311 e. The lowest BCUT2D eigenvalue weighted by atomic mass is 9.36.